The molecule has 1 atom stereocenters. The molecule has 0 unspecified atom stereocenters. The zero-order valence-corrected chi connectivity index (χ0v) is 19.0. The smallest absolute Gasteiger partial charge is 0.409 e. The van der Waals surface area contributed by atoms with Gasteiger partial charge in [-0.25, -0.2) is 9.78 Å². The van der Waals surface area contributed by atoms with Crippen LogP contribution in [-0.4, -0.2) is 85.9 Å². The second-order valence-electron chi connectivity index (χ2n) is 9.87. The van der Waals surface area contributed by atoms with Gasteiger partial charge in [-0.05, 0) is 57.6 Å². The number of ether oxygens (including phenoxy) is 1. The highest BCUT2D eigenvalue weighted by atomic mass is 16.6. The fraction of sp³-hybridized carbons (Fsp3) is 0.750. The molecule has 4 aliphatic rings. The van der Waals surface area contributed by atoms with Gasteiger partial charge < -0.3 is 19.4 Å². The zero-order valence-electron chi connectivity index (χ0n) is 19.0. The van der Waals surface area contributed by atoms with E-state index in [0.29, 0.717) is 18.1 Å². The Labute approximate surface area is 186 Å². The quantitative estimate of drug-likeness (QED) is 0.736. The lowest BCUT2D eigenvalue weighted by Gasteiger charge is -2.48. The molecule has 0 N–H and O–H groups in total. The molecule has 1 aromatic heterocycles. The molecule has 31 heavy (non-hydrogen) atoms. The number of anilines is 2. The second kappa shape index (κ2) is 8.85. The van der Waals surface area contributed by atoms with Crippen LogP contribution >= 0.6 is 0 Å². The number of carbonyl (C=O) groups is 1. The van der Waals surface area contributed by atoms with E-state index in [4.69, 9.17) is 9.72 Å². The fourth-order valence-corrected chi connectivity index (χ4v) is 6.20. The van der Waals surface area contributed by atoms with Crippen molar-refractivity contribution in [3.8, 4) is 0 Å². The number of piperidine rings is 1. The van der Waals surface area contributed by atoms with E-state index in [1.165, 1.54) is 50.0 Å². The van der Waals surface area contributed by atoms with Crippen LogP contribution < -0.4 is 9.80 Å². The van der Waals surface area contributed by atoms with Crippen LogP contribution in [0.2, 0.25) is 0 Å². The van der Waals surface area contributed by atoms with Crippen molar-refractivity contribution in [3.05, 3.63) is 18.3 Å². The minimum atomic E-state index is -0.133. The van der Waals surface area contributed by atoms with Gasteiger partial charge in [-0.15, -0.1) is 0 Å². The summed E-state index contributed by atoms with van der Waals surface area (Å²) in [4.78, 5) is 26.3. The molecule has 5 rings (SSSR count). The molecule has 4 fully saturated rings. The summed E-state index contributed by atoms with van der Waals surface area (Å²) in [6, 6.07) is 5.01. The Balaban J connectivity index is 1.15. The van der Waals surface area contributed by atoms with Crippen molar-refractivity contribution >= 4 is 17.6 Å². The molecular weight excluding hydrogens is 390 g/mol. The molecule has 7 nitrogen and oxygen atoms in total. The number of rotatable bonds is 4. The van der Waals surface area contributed by atoms with Gasteiger partial charge in [-0.1, -0.05) is 0 Å². The van der Waals surface area contributed by atoms with Crippen LogP contribution in [0.25, 0.3) is 0 Å². The Bertz CT molecular complexity index is 767. The second-order valence-corrected chi connectivity index (χ2v) is 9.87. The first-order chi connectivity index (χ1) is 15.2. The average molecular weight is 428 g/mol. The van der Waals surface area contributed by atoms with Crippen LogP contribution in [0.3, 0.4) is 0 Å². The van der Waals surface area contributed by atoms with Gasteiger partial charge in [-0.3, -0.25) is 4.90 Å². The maximum Gasteiger partial charge on any atom is 0.409 e. The number of hydrogen-bond acceptors (Lipinski definition) is 6. The number of hydrogen-bond donors (Lipinski definition) is 0. The fourth-order valence-electron chi connectivity index (χ4n) is 6.20. The largest absolute Gasteiger partial charge is 0.450 e. The number of amides is 1. The molecule has 7 heteroatoms. The van der Waals surface area contributed by atoms with Gasteiger partial charge in [0.25, 0.3) is 0 Å². The molecule has 1 amide bonds. The first-order valence-corrected chi connectivity index (χ1v) is 12.3. The molecule has 3 saturated heterocycles. The predicted molar refractivity (Wildman–Crippen MR) is 123 cm³/mol. The lowest BCUT2D eigenvalue weighted by atomic mass is 9.78. The summed E-state index contributed by atoms with van der Waals surface area (Å²) in [6.45, 7) is 10.8. The summed E-state index contributed by atoms with van der Waals surface area (Å²) in [5.74, 6) is 1.18. The lowest BCUT2D eigenvalue weighted by molar-refractivity contribution is -0.00294. The molecule has 1 aromatic rings. The Hall–Kier alpha value is -2.02. The van der Waals surface area contributed by atoms with Crippen molar-refractivity contribution in [1.29, 1.82) is 0 Å². The average Bonchev–Trinajstić information content (AvgIpc) is 3.25. The highest BCUT2D eigenvalue weighted by Gasteiger charge is 2.51. The first kappa shape index (κ1) is 20.9. The van der Waals surface area contributed by atoms with Gasteiger partial charge in [-0.2, -0.15) is 0 Å². The number of carbonyl (C=O) groups excluding carboxylic acids is 1. The number of piperazine rings is 1. The highest BCUT2D eigenvalue weighted by Crippen LogP contribution is 2.47. The summed E-state index contributed by atoms with van der Waals surface area (Å²) >= 11 is 0. The van der Waals surface area contributed by atoms with Crippen LogP contribution in [0.4, 0.5) is 16.3 Å². The van der Waals surface area contributed by atoms with Gasteiger partial charge in [0, 0.05) is 70.0 Å². The van der Waals surface area contributed by atoms with Crippen molar-refractivity contribution in [2.75, 3.05) is 68.8 Å². The third kappa shape index (κ3) is 4.21. The van der Waals surface area contributed by atoms with Crippen molar-refractivity contribution in [2.24, 2.45) is 5.41 Å². The zero-order chi connectivity index (χ0) is 21.3. The Morgan fingerprint density at radius 1 is 1.10 bits per heavy atom. The minimum absolute atomic E-state index is 0.133. The topological polar surface area (TPSA) is 52.2 Å². The number of aromatic nitrogens is 1. The summed E-state index contributed by atoms with van der Waals surface area (Å²) in [6.07, 6.45) is 9.46. The van der Waals surface area contributed by atoms with E-state index in [0.717, 1.165) is 52.4 Å². The minimum Gasteiger partial charge on any atom is -0.450 e. The summed E-state index contributed by atoms with van der Waals surface area (Å²) < 4.78 is 5.16. The molecule has 1 aliphatic carbocycles. The third-order valence-electron chi connectivity index (χ3n) is 7.85. The standard InChI is InChI=1S/C24H37N5O2/c1-2-31-23(30)29-18-24(19-29)9-8-20(17-24)26-13-15-27(16-14-26)21-7-6-10-25-22(21)28-11-4-3-5-12-28/h6-7,10,20H,2-5,8-9,11-19H2,1H3/t20-/m1/s1. The molecule has 0 aromatic carbocycles. The van der Waals surface area contributed by atoms with E-state index in [9.17, 15) is 4.79 Å². The summed E-state index contributed by atoms with van der Waals surface area (Å²) in [5, 5.41) is 0. The van der Waals surface area contributed by atoms with Gasteiger partial charge >= 0.3 is 6.09 Å². The van der Waals surface area contributed by atoms with E-state index >= 15 is 0 Å². The van der Waals surface area contributed by atoms with Crippen LogP contribution in [0.1, 0.15) is 45.4 Å². The van der Waals surface area contributed by atoms with Crippen molar-refractivity contribution in [2.45, 2.75) is 51.5 Å². The molecule has 4 heterocycles. The lowest BCUT2D eigenvalue weighted by Crippen LogP contribution is -2.58. The first-order valence-electron chi connectivity index (χ1n) is 12.3. The maximum atomic E-state index is 11.9. The maximum absolute atomic E-state index is 11.9. The van der Waals surface area contributed by atoms with E-state index in [1.807, 2.05) is 18.0 Å². The molecule has 0 radical (unpaired) electrons. The van der Waals surface area contributed by atoms with Crippen LogP contribution in [0, 0.1) is 5.41 Å². The van der Waals surface area contributed by atoms with E-state index in [1.54, 1.807) is 0 Å². The molecule has 170 valence electrons. The molecule has 1 saturated carbocycles. The predicted octanol–water partition coefficient (Wildman–Crippen LogP) is 3.20. The van der Waals surface area contributed by atoms with Gasteiger partial charge in [0.05, 0.1) is 12.3 Å². The van der Waals surface area contributed by atoms with Crippen molar-refractivity contribution in [3.63, 3.8) is 0 Å². The van der Waals surface area contributed by atoms with E-state index in [2.05, 4.69) is 26.8 Å². The number of pyridine rings is 1. The van der Waals surface area contributed by atoms with Crippen molar-refractivity contribution in [1.82, 2.24) is 14.8 Å². The van der Waals surface area contributed by atoms with E-state index < -0.39 is 0 Å². The van der Waals surface area contributed by atoms with E-state index in [-0.39, 0.29) is 6.09 Å². The van der Waals surface area contributed by atoms with Crippen LogP contribution in [0.15, 0.2) is 18.3 Å². The molecule has 0 bridgehead atoms. The number of nitrogens with zero attached hydrogens (tertiary/aromatic N) is 5. The summed E-state index contributed by atoms with van der Waals surface area (Å²) in [7, 11) is 0. The number of likely N-dealkylation sites (tertiary alicyclic amines) is 1. The van der Waals surface area contributed by atoms with Gasteiger partial charge in [0.1, 0.15) is 0 Å². The van der Waals surface area contributed by atoms with Gasteiger partial charge in [0.15, 0.2) is 5.82 Å². The SMILES string of the molecule is CCOC(=O)N1CC2(CC[C@@H](N3CCN(c4cccnc4N4CCCCC4)CC3)C2)C1. The van der Waals surface area contributed by atoms with Crippen LogP contribution in [-0.2, 0) is 4.74 Å². The Kier molecular flexibility index (Phi) is 5.95. The molecule has 3 aliphatic heterocycles. The Morgan fingerprint density at radius 3 is 2.61 bits per heavy atom. The monoisotopic (exact) mass is 427 g/mol. The molecular formula is C24H37N5O2. The van der Waals surface area contributed by atoms with Crippen LogP contribution in [0.5, 0.6) is 0 Å². The normalized spacial score (nSPS) is 26.2. The van der Waals surface area contributed by atoms with Gasteiger partial charge in [0.2, 0.25) is 0 Å². The Morgan fingerprint density at radius 2 is 1.87 bits per heavy atom. The highest BCUT2D eigenvalue weighted by molar-refractivity contribution is 5.69. The third-order valence-corrected chi connectivity index (χ3v) is 7.85. The van der Waals surface area contributed by atoms with Crippen molar-refractivity contribution < 1.29 is 9.53 Å². The summed E-state index contributed by atoms with van der Waals surface area (Å²) in [5.41, 5.74) is 1.66. The molecule has 1 spiro atoms.